The standard InChI is InChI=1S/C17H19BO2/c1-13-17(15-9-5-3-6-10-15)14(2)20-18(19-13)16-11-7-4-8-12-16/h3-14,17H,1-2H3. The van der Waals surface area contributed by atoms with Crippen LogP contribution in [0.4, 0.5) is 0 Å². The minimum Gasteiger partial charge on any atom is -0.404 e. The van der Waals surface area contributed by atoms with Gasteiger partial charge in [-0.05, 0) is 24.9 Å². The molecule has 0 amide bonds. The molecule has 102 valence electrons. The third-order valence-electron chi connectivity index (χ3n) is 3.94. The van der Waals surface area contributed by atoms with Crippen LogP contribution in [0.1, 0.15) is 25.3 Å². The molecule has 0 radical (unpaired) electrons. The molecule has 2 aromatic rings. The van der Waals surface area contributed by atoms with Crippen LogP contribution in [-0.4, -0.2) is 19.3 Å². The fourth-order valence-electron chi connectivity index (χ4n) is 2.96. The molecule has 0 bridgehead atoms. The molecule has 0 aliphatic carbocycles. The van der Waals surface area contributed by atoms with Crippen molar-refractivity contribution in [3.8, 4) is 0 Å². The summed E-state index contributed by atoms with van der Waals surface area (Å²) in [5.41, 5.74) is 2.36. The highest BCUT2D eigenvalue weighted by Crippen LogP contribution is 2.31. The van der Waals surface area contributed by atoms with Crippen molar-refractivity contribution >= 4 is 12.6 Å². The zero-order chi connectivity index (χ0) is 13.9. The number of rotatable bonds is 2. The van der Waals surface area contributed by atoms with Gasteiger partial charge in [0.05, 0.1) is 0 Å². The molecule has 2 unspecified atom stereocenters. The summed E-state index contributed by atoms with van der Waals surface area (Å²) in [6, 6.07) is 20.6. The smallest absolute Gasteiger partial charge is 0.404 e. The lowest BCUT2D eigenvalue weighted by atomic mass is 9.74. The SMILES string of the molecule is CC1OB(c2ccccc2)OC(C)C1c1ccccc1. The average molecular weight is 266 g/mol. The van der Waals surface area contributed by atoms with E-state index in [0.717, 1.165) is 5.46 Å². The Bertz CT molecular complexity index is 531. The molecular formula is C17H19BO2. The highest BCUT2D eigenvalue weighted by atomic mass is 16.6. The first-order chi connectivity index (χ1) is 9.75. The third-order valence-corrected chi connectivity index (χ3v) is 3.94. The maximum Gasteiger partial charge on any atom is 0.494 e. The summed E-state index contributed by atoms with van der Waals surface area (Å²) in [5, 5.41) is 0. The van der Waals surface area contributed by atoms with Gasteiger partial charge in [-0.15, -0.1) is 0 Å². The van der Waals surface area contributed by atoms with Gasteiger partial charge in [0.2, 0.25) is 0 Å². The van der Waals surface area contributed by atoms with Crippen LogP contribution in [0.3, 0.4) is 0 Å². The molecular weight excluding hydrogens is 247 g/mol. The molecule has 0 aromatic heterocycles. The van der Waals surface area contributed by atoms with Gasteiger partial charge >= 0.3 is 7.12 Å². The van der Waals surface area contributed by atoms with Gasteiger partial charge in [-0.25, -0.2) is 0 Å². The molecule has 2 atom stereocenters. The molecule has 20 heavy (non-hydrogen) atoms. The second kappa shape index (κ2) is 5.82. The van der Waals surface area contributed by atoms with Crippen LogP contribution in [0, 0.1) is 0 Å². The lowest BCUT2D eigenvalue weighted by Gasteiger charge is -2.38. The zero-order valence-electron chi connectivity index (χ0n) is 11.9. The molecule has 1 aliphatic rings. The van der Waals surface area contributed by atoms with E-state index >= 15 is 0 Å². The van der Waals surface area contributed by atoms with Gasteiger partial charge in [0.15, 0.2) is 0 Å². The van der Waals surface area contributed by atoms with Gasteiger partial charge in [-0.1, -0.05) is 60.7 Å². The van der Waals surface area contributed by atoms with E-state index in [1.54, 1.807) is 0 Å². The fourth-order valence-corrected chi connectivity index (χ4v) is 2.96. The van der Waals surface area contributed by atoms with Crippen LogP contribution < -0.4 is 5.46 Å². The fraction of sp³-hybridized carbons (Fsp3) is 0.294. The summed E-state index contributed by atoms with van der Waals surface area (Å²) in [6.07, 6.45) is 0.262. The molecule has 2 aromatic carbocycles. The lowest BCUT2D eigenvalue weighted by molar-refractivity contribution is 0.0166. The second-order valence-electron chi connectivity index (χ2n) is 5.36. The van der Waals surface area contributed by atoms with Crippen molar-refractivity contribution in [1.29, 1.82) is 0 Å². The summed E-state index contributed by atoms with van der Waals surface area (Å²) in [5.74, 6) is 0.274. The first kappa shape index (κ1) is 13.4. The Labute approximate surface area is 120 Å². The van der Waals surface area contributed by atoms with Crippen LogP contribution in [0.2, 0.25) is 0 Å². The summed E-state index contributed by atoms with van der Waals surface area (Å²) in [7, 11) is -0.263. The lowest BCUT2D eigenvalue weighted by Crippen LogP contribution is -2.50. The summed E-state index contributed by atoms with van der Waals surface area (Å²) < 4.78 is 12.2. The first-order valence-corrected chi connectivity index (χ1v) is 7.16. The van der Waals surface area contributed by atoms with E-state index in [-0.39, 0.29) is 25.2 Å². The minimum atomic E-state index is -0.263. The van der Waals surface area contributed by atoms with E-state index in [1.165, 1.54) is 5.56 Å². The van der Waals surface area contributed by atoms with Crippen molar-refractivity contribution in [3.63, 3.8) is 0 Å². The van der Waals surface area contributed by atoms with Crippen LogP contribution in [0.5, 0.6) is 0 Å². The first-order valence-electron chi connectivity index (χ1n) is 7.16. The van der Waals surface area contributed by atoms with Crippen LogP contribution >= 0.6 is 0 Å². The molecule has 1 saturated heterocycles. The van der Waals surface area contributed by atoms with Gasteiger partial charge in [0.1, 0.15) is 0 Å². The van der Waals surface area contributed by atoms with E-state index in [4.69, 9.17) is 9.31 Å². The van der Waals surface area contributed by atoms with Crippen LogP contribution in [-0.2, 0) is 9.31 Å². The summed E-state index contributed by atoms with van der Waals surface area (Å²) in [6.45, 7) is 4.26. The number of hydrogen-bond donors (Lipinski definition) is 0. The van der Waals surface area contributed by atoms with Crippen LogP contribution in [0.25, 0.3) is 0 Å². The minimum absolute atomic E-state index is 0.131. The molecule has 3 heteroatoms. The molecule has 0 saturated carbocycles. The van der Waals surface area contributed by atoms with Gasteiger partial charge in [-0.3, -0.25) is 0 Å². The molecule has 1 fully saturated rings. The van der Waals surface area contributed by atoms with Crippen molar-refractivity contribution < 1.29 is 9.31 Å². The van der Waals surface area contributed by atoms with Crippen molar-refractivity contribution in [2.24, 2.45) is 0 Å². The normalized spacial score (nSPS) is 26.5. The number of hydrogen-bond acceptors (Lipinski definition) is 2. The van der Waals surface area contributed by atoms with E-state index < -0.39 is 0 Å². The van der Waals surface area contributed by atoms with Gasteiger partial charge < -0.3 is 9.31 Å². The van der Waals surface area contributed by atoms with E-state index in [2.05, 4.69) is 38.1 Å². The Morgan fingerprint density at radius 3 is 1.80 bits per heavy atom. The Morgan fingerprint density at radius 2 is 1.25 bits per heavy atom. The van der Waals surface area contributed by atoms with Crippen LogP contribution in [0.15, 0.2) is 60.7 Å². The highest BCUT2D eigenvalue weighted by molar-refractivity contribution is 6.61. The topological polar surface area (TPSA) is 18.5 Å². The van der Waals surface area contributed by atoms with E-state index in [9.17, 15) is 0 Å². The second-order valence-corrected chi connectivity index (χ2v) is 5.36. The maximum absolute atomic E-state index is 6.09. The quantitative estimate of drug-likeness (QED) is 0.778. The van der Waals surface area contributed by atoms with Gasteiger partial charge in [0, 0.05) is 18.1 Å². The Hall–Kier alpha value is -1.58. The summed E-state index contributed by atoms with van der Waals surface area (Å²) in [4.78, 5) is 0. The van der Waals surface area contributed by atoms with Gasteiger partial charge in [-0.2, -0.15) is 0 Å². The van der Waals surface area contributed by atoms with Crippen molar-refractivity contribution in [3.05, 3.63) is 66.2 Å². The largest absolute Gasteiger partial charge is 0.494 e. The summed E-state index contributed by atoms with van der Waals surface area (Å²) >= 11 is 0. The predicted molar refractivity (Wildman–Crippen MR) is 82.1 cm³/mol. The van der Waals surface area contributed by atoms with E-state index in [1.807, 2.05) is 36.4 Å². The molecule has 0 N–H and O–H groups in total. The maximum atomic E-state index is 6.09. The highest BCUT2D eigenvalue weighted by Gasteiger charge is 2.39. The Morgan fingerprint density at radius 1 is 0.750 bits per heavy atom. The third kappa shape index (κ3) is 2.65. The van der Waals surface area contributed by atoms with Crippen molar-refractivity contribution in [2.45, 2.75) is 32.0 Å². The van der Waals surface area contributed by atoms with Gasteiger partial charge in [0.25, 0.3) is 0 Å². The van der Waals surface area contributed by atoms with E-state index in [0.29, 0.717) is 0 Å². The Balaban J connectivity index is 1.80. The molecule has 3 rings (SSSR count). The predicted octanol–water partition coefficient (Wildman–Crippen LogP) is 2.99. The van der Waals surface area contributed by atoms with Crippen molar-refractivity contribution in [2.75, 3.05) is 0 Å². The zero-order valence-corrected chi connectivity index (χ0v) is 11.9. The monoisotopic (exact) mass is 266 g/mol. The molecule has 2 nitrogen and oxygen atoms in total. The van der Waals surface area contributed by atoms with Crippen molar-refractivity contribution in [1.82, 2.24) is 0 Å². The molecule has 1 heterocycles. The molecule has 1 aliphatic heterocycles. The number of benzene rings is 2. The average Bonchev–Trinajstić information content (AvgIpc) is 2.48. The molecule has 0 spiro atoms. The Kier molecular flexibility index (Phi) is 3.90.